The average Bonchev–Trinajstić information content (AvgIpc) is 3.32. The van der Waals surface area contributed by atoms with Crippen LogP contribution in [0.4, 0.5) is 9.93 Å². The first-order chi connectivity index (χ1) is 15.3. The molecule has 0 aliphatic carbocycles. The molecule has 2 saturated heterocycles. The molecule has 1 spiro atoms. The van der Waals surface area contributed by atoms with Gasteiger partial charge in [0.2, 0.25) is 5.91 Å². The Morgan fingerprint density at radius 2 is 2.06 bits per heavy atom. The molecule has 12 heteroatoms. The molecule has 2 aromatic rings. The number of piperidine rings is 1. The second kappa shape index (κ2) is 8.78. The van der Waals surface area contributed by atoms with Gasteiger partial charge in [-0.25, -0.2) is 19.7 Å². The molecular formula is C20H24N8O3S. The van der Waals surface area contributed by atoms with E-state index in [9.17, 15) is 14.7 Å². The number of nitriles is 1. The van der Waals surface area contributed by atoms with Gasteiger partial charge < -0.3 is 15.7 Å². The van der Waals surface area contributed by atoms with Crippen LogP contribution < -0.4 is 10.6 Å². The van der Waals surface area contributed by atoms with E-state index in [1.54, 1.807) is 6.20 Å². The maximum absolute atomic E-state index is 12.6. The van der Waals surface area contributed by atoms with Gasteiger partial charge in [0.25, 0.3) is 0 Å². The third-order valence-electron chi connectivity index (χ3n) is 6.01. The Morgan fingerprint density at radius 1 is 1.38 bits per heavy atom. The van der Waals surface area contributed by atoms with Crippen LogP contribution >= 0.6 is 11.3 Å². The van der Waals surface area contributed by atoms with E-state index in [-0.39, 0.29) is 24.5 Å². The van der Waals surface area contributed by atoms with E-state index in [0.29, 0.717) is 42.5 Å². The van der Waals surface area contributed by atoms with Crippen LogP contribution in [0.1, 0.15) is 49.0 Å². The average molecular weight is 457 g/mol. The van der Waals surface area contributed by atoms with Crippen molar-refractivity contribution < 1.29 is 14.7 Å². The zero-order valence-electron chi connectivity index (χ0n) is 17.8. The number of likely N-dealkylation sites (tertiary alicyclic amines) is 1. The van der Waals surface area contributed by atoms with Crippen molar-refractivity contribution in [3.8, 4) is 6.07 Å². The van der Waals surface area contributed by atoms with Crippen LogP contribution in [0.15, 0.2) is 18.6 Å². The van der Waals surface area contributed by atoms with Crippen LogP contribution in [0.25, 0.3) is 0 Å². The van der Waals surface area contributed by atoms with Gasteiger partial charge in [-0.3, -0.25) is 14.6 Å². The molecule has 11 nitrogen and oxygen atoms in total. The molecule has 1 unspecified atom stereocenters. The number of hydrogen-bond donors (Lipinski definition) is 3. The highest BCUT2D eigenvalue weighted by Crippen LogP contribution is 2.37. The molecule has 0 aromatic carbocycles. The summed E-state index contributed by atoms with van der Waals surface area (Å²) >= 11 is 1.45. The van der Waals surface area contributed by atoms with Crippen molar-refractivity contribution in [2.24, 2.45) is 0 Å². The summed E-state index contributed by atoms with van der Waals surface area (Å²) in [7, 11) is 0. The van der Waals surface area contributed by atoms with E-state index >= 15 is 0 Å². The molecule has 32 heavy (non-hydrogen) atoms. The van der Waals surface area contributed by atoms with Crippen molar-refractivity contribution in [2.75, 3.05) is 18.4 Å². The number of urea groups is 1. The van der Waals surface area contributed by atoms with Gasteiger partial charge >= 0.3 is 6.03 Å². The Balaban J connectivity index is 1.38. The van der Waals surface area contributed by atoms with Gasteiger partial charge in [0.05, 0.1) is 17.6 Å². The monoisotopic (exact) mass is 456 g/mol. The summed E-state index contributed by atoms with van der Waals surface area (Å²) < 4.78 is 0. The summed E-state index contributed by atoms with van der Waals surface area (Å²) in [6, 6.07) is 1.70. The summed E-state index contributed by atoms with van der Waals surface area (Å²) in [4.78, 5) is 40.9. The van der Waals surface area contributed by atoms with Crippen LogP contribution in [0, 0.1) is 11.3 Å². The largest absolute Gasteiger partial charge is 0.371 e. The van der Waals surface area contributed by atoms with Crippen molar-refractivity contribution in [3.63, 3.8) is 0 Å². The molecule has 3 amide bonds. The number of carbonyl (C=O) groups is 2. The number of thiazole rings is 1. The number of aliphatic hydroxyl groups is 1. The fourth-order valence-corrected chi connectivity index (χ4v) is 5.07. The molecule has 168 valence electrons. The van der Waals surface area contributed by atoms with Crippen molar-refractivity contribution in [3.05, 3.63) is 34.9 Å². The van der Waals surface area contributed by atoms with E-state index in [4.69, 9.17) is 5.26 Å². The third kappa shape index (κ3) is 4.27. The van der Waals surface area contributed by atoms with Gasteiger partial charge in [-0.2, -0.15) is 5.26 Å². The minimum atomic E-state index is -0.999. The quantitative estimate of drug-likeness (QED) is 0.608. The molecule has 2 fully saturated rings. The highest BCUT2D eigenvalue weighted by Gasteiger charge is 2.52. The van der Waals surface area contributed by atoms with Gasteiger partial charge in [0.1, 0.15) is 11.9 Å². The zero-order chi connectivity index (χ0) is 22.9. The molecule has 0 saturated carbocycles. The van der Waals surface area contributed by atoms with Crippen molar-refractivity contribution in [2.45, 2.75) is 51.0 Å². The maximum Gasteiger partial charge on any atom is 0.320 e. The summed E-state index contributed by atoms with van der Waals surface area (Å²) in [5.74, 6) is 0.210. The van der Waals surface area contributed by atoms with Crippen LogP contribution in [-0.2, 0) is 11.3 Å². The first-order valence-electron chi connectivity index (χ1n) is 10.3. The number of carbonyl (C=O) groups excluding carboxylic acids is 2. The summed E-state index contributed by atoms with van der Waals surface area (Å²) in [6.07, 6.45) is 4.75. The molecule has 2 aliphatic rings. The van der Waals surface area contributed by atoms with E-state index in [1.807, 2.05) is 6.07 Å². The molecule has 4 heterocycles. The van der Waals surface area contributed by atoms with E-state index in [1.165, 1.54) is 35.6 Å². The minimum Gasteiger partial charge on any atom is -0.371 e. The van der Waals surface area contributed by atoms with Gasteiger partial charge in [-0.05, 0) is 19.8 Å². The lowest BCUT2D eigenvalue weighted by Crippen LogP contribution is -2.57. The molecule has 4 rings (SSSR count). The van der Waals surface area contributed by atoms with Gasteiger partial charge in [0, 0.05) is 49.5 Å². The van der Waals surface area contributed by atoms with Crippen LogP contribution in [-0.4, -0.2) is 66.7 Å². The van der Waals surface area contributed by atoms with Gasteiger partial charge in [-0.1, -0.05) is 0 Å². The second-order valence-corrected chi connectivity index (χ2v) is 9.11. The van der Waals surface area contributed by atoms with Gasteiger partial charge in [-0.15, -0.1) is 11.3 Å². The Hall–Kier alpha value is -3.14. The Bertz CT molecular complexity index is 1040. The number of aromatic nitrogens is 3. The van der Waals surface area contributed by atoms with Crippen molar-refractivity contribution in [1.29, 1.82) is 5.26 Å². The molecule has 2 aliphatic heterocycles. The lowest BCUT2D eigenvalue weighted by atomic mass is 9.86. The minimum absolute atomic E-state index is 0.0629. The molecular weight excluding hydrogens is 432 g/mol. The van der Waals surface area contributed by atoms with Crippen LogP contribution in [0.5, 0.6) is 0 Å². The van der Waals surface area contributed by atoms with Crippen LogP contribution in [0.2, 0.25) is 0 Å². The third-order valence-corrected chi connectivity index (χ3v) is 7.09. The number of aliphatic hydroxyl groups excluding tert-OH is 1. The number of hydrogen-bond acceptors (Lipinski definition) is 9. The first kappa shape index (κ1) is 22.1. The first-order valence-corrected chi connectivity index (χ1v) is 11.1. The highest BCUT2D eigenvalue weighted by atomic mass is 32.1. The highest BCUT2D eigenvalue weighted by molar-refractivity contribution is 7.15. The number of nitrogens with zero attached hydrogens (tertiary/aromatic N) is 6. The fourth-order valence-electron chi connectivity index (χ4n) is 4.13. The number of nitrogens with one attached hydrogen (secondary N) is 2. The molecule has 3 N–H and O–H groups in total. The SMILES string of the molecule is CC(=O)Nc1ncc([C@H](C)N2CCC3(CC2)NC(=O)N(Cc2ncc(C#N)cn2)C3O)s1. The number of anilines is 1. The maximum atomic E-state index is 12.6. The summed E-state index contributed by atoms with van der Waals surface area (Å²) in [5.41, 5.74) is -0.391. The zero-order valence-corrected chi connectivity index (χ0v) is 18.6. The standard InChI is InChI=1S/C20H24N8O3S/c1-12(15-10-24-18(32-15)25-13(2)29)27-5-3-20(4-6-27)17(30)28(19(31)26-20)11-16-22-8-14(7-21)9-23-16/h8-10,12,17,30H,3-6,11H2,1-2H3,(H,26,31)(H,24,25,29)/t12-,17?/m0/s1. The van der Waals surface area contributed by atoms with Crippen molar-refractivity contribution in [1.82, 2.24) is 30.1 Å². The smallest absolute Gasteiger partial charge is 0.320 e. The van der Waals surface area contributed by atoms with Crippen molar-refractivity contribution >= 4 is 28.4 Å². The second-order valence-electron chi connectivity index (χ2n) is 8.05. The van der Waals surface area contributed by atoms with Gasteiger partial charge in [0.15, 0.2) is 11.4 Å². The normalized spacial score (nSPS) is 21.2. The summed E-state index contributed by atoms with van der Waals surface area (Å²) in [6.45, 7) is 4.97. The molecule has 2 aromatic heterocycles. The lowest BCUT2D eigenvalue weighted by molar-refractivity contribution is -0.114. The van der Waals surface area contributed by atoms with E-state index < -0.39 is 11.8 Å². The Labute approximate surface area is 189 Å². The topological polar surface area (TPSA) is 147 Å². The molecule has 0 bridgehead atoms. The molecule has 2 atom stereocenters. The Kier molecular flexibility index (Phi) is 6.05. The fraction of sp³-hybridized carbons (Fsp3) is 0.500. The molecule has 0 radical (unpaired) electrons. The predicted octanol–water partition coefficient (Wildman–Crippen LogP) is 1.20. The number of amides is 3. The van der Waals surface area contributed by atoms with E-state index in [2.05, 4.69) is 37.4 Å². The lowest BCUT2D eigenvalue weighted by Gasteiger charge is -2.42. The van der Waals surface area contributed by atoms with E-state index in [0.717, 1.165) is 4.88 Å². The predicted molar refractivity (Wildman–Crippen MR) is 115 cm³/mol. The summed E-state index contributed by atoms with van der Waals surface area (Å²) in [5, 5.41) is 26.1. The number of rotatable bonds is 5. The Morgan fingerprint density at radius 3 is 2.69 bits per heavy atom. The van der Waals surface area contributed by atoms with Crippen LogP contribution in [0.3, 0.4) is 0 Å².